The molecule has 2 rings (SSSR count). The third kappa shape index (κ3) is 2.48. The lowest BCUT2D eigenvalue weighted by Gasteiger charge is -2.05. The number of aromatic carboxylic acids is 1. The predicted octanol–water partition coefficient (Wildman–Crippen LogP) is 0.677. The molecule has 2 aromatic rings. The molecular formula is C11H11N3O4S. The Kier molecular flexibility index (Phi) is 3.11. The summed E-state index contributed by atoms with van der Waals surface area (Å²) in [5, 5.41) is 12.9. The number of sulfone groups is 1. The number of rotatable bonds is 3. The molecule has 0 aliphatic heterocycles. The number of carboxylic acids is 1. The molecule has 0 saturated heterocycles. The molecule has 100 valence electrons. The Morgan fingerprint density at radius 3 is 2.63 bits per heavy atom. The molecule has 7 nitrogen and oxygen atoms in total. The van der Waals surface area contributed by atoms with E-state index in [1.807, 2.05) is 0 Å². The summed E-state index contributed by atoms with van der Waals surface area (Å²) in [5.41, 5.74) is 0.294. The van der Waals surface area contributed by atoms with Crippen LogP contribution in [0.15, 0.2) is 29.4 Å². The standard InChI is InChI=1S/C11H11N3O4S/c1-7-8(11(15)16)6-14(13-7)10-9(19(2,17)18)4-3-5-12-10/h3-6H,1-2H3,(H,15,16). The van der Waals surface area contributed by atoms with Gasteiger partial charge in [-0.1, -0.05) is 0 Å². The Morgan fingerprint density at radius 1 is 1.42 bits per heavy atom. The number of nitrogens with zero attached hydrogens (tertiary/aromatic N) is 3. The monoisotopic (exact) mass is 281 g/mol. The Bertz CT molecular complexity index is 749. The van der Waals surface area contributed by atoms with Crippen LogP contribution < -0.4 is 0 Å². The third-order valence-electron chi connectivity index (χ3n) is 2.50. The summed E-state index contributed by atoms with van der Waals surface area (Å²) < 4.78 is 24.5. The second-order valence-electron chi connectivity index (χ2n) is 3.98. The van der Waals surface area contributed by atoms with E-state index in [2.05, 4.69) is 10.1 Å². The van der Waals surface area contributed by atoms with Crippen molar-refractivity contribution >= 4 is 15.8 Å². The van der Waals surface area contributed by atoms with E-state index in [0.717, 1.165) is 10.9 Å². The first-order valence-electron chi connectivity index (χ1n) is 5.25. The fraction of sp³-hybridized carbons (Fsp3) is 0.182. The molecule has 0 bridgehead atoms. The van der Waals surface area contributed by atoms with E-state index in [9.17, 15) is 13.2 Å². The number of hydrogen-bond donors (Lipinski definition) is 1. The van der Waals surface area contributed by atoms with Crippen LogP contribution in [0.5, 0.6) is 0 Å². The Balaban J connectivity index is 2.67. The first-order valence-corrected chi connectivity index (χ1v) is 7.15. The van der Waals surface area contributed by atoms with E-state index in [0.29, 0.717) is 0 Å². The van der Waals surface area contributed by atoms with Gasteiger partial charge < -0.3 is 5.11 Å². The Hall–Kier alpha value is -2.22. The van der Waals surface area contributed by atoms with Crippen molar-refractivity contribution in [3.8, 4) is 5.82 Å². The molecule has 0 aromatic carbocycles. The molecule has 2 aromatic heterocycles. The highest BCUT2D eigenvalue weighted by Crippen LogP contribution is 2.18. The summed E-state index contributed by atoms with van der Waals surface area (Å²) in [6.45, 7) is 1.53. The van der Waals surface area contributed by atoms with E-state index in [1.54, 1.807) is 0 Å². The van der Waals surface area contributed by atoms with Gasteiger partial charge >= 0.3 is 5.97 Å². The zero-order chi connectivity index (χ0) is 14.2. The summed E-state index contributed by atoms with van der Waals surface area (Å²) in [6, 6.07) is 2.89. The maximum Gasteiger partial charge on any atom is 0.339 e. The second kappa shape index (κ2) is 4.47. The van der Waals surface area contributed by atoms with Crippen LogP contribution in [-0.4, -0.2) is 40.5 Å². The minimum atomic E-state index is -3.48. The molecule has 0 radical (unpaired) electrons. The van der Waals surface area contributed by atoms with E-state index >= 15 is 0 Å². The normalized spacial score (nSPS) is 11.5. The maximum atomic E-state index is 11.7. The van der Waals surface area contributed by atoms with Crippen molar-refractivity contribution in [2.75, 3.05) is 6.26 Å². The fourth-order valence-electron chi connectivity index (χ4n) is 1.62. The van der Waals surface area contributed by atoms with Gasteiger partial charge in [0.1, 0.15) is 10.5 Å². The van der Waals surface area contributed by atoms with E-state index in [-0.39, 0.29) is 22.0 Å². The Morgan fingerprint density at radius 2 is 2.11 bits per heavy atom. The van der Waals surface area contributed by atoms with E-state index in [1.165, 1.54) is 31.5 Å². The van der Waals surface area contributed by atoms with Gasteiger partial charge in [0.05, 0.1) is 5.69 Å². The zero-order valence-corrected chi connectivity index (χ0v) is 11.0. The van der Waals surface area contributed by atoms with Crippen molar-refractivity contribution in [2.45, 2.75) is 11.8 Å². The van der Waals surface area contributed by atoms with Crippen molar-refractivity contribution in [3.05, 3.63) is 35.8 Å². The maximum absolute atomic E-state index is 11.7. The average molecular weight is 281 g/mol. The number of aromatic nitrogens is 3. The summed E-state index contributed by atoms with van der Waals surface area (Å²) in [4.78, 5) is 14.9. The van der Waals surface area contributed by atoms with Crippen molar-refractivity contribution < 1.29 is 18.3 Å². The van der Waals surface area contributed by atoms with Gasteiger partial charge in [0.2, 0.25) is 0 Å². The minimum Gasteiger partial charge on any atom is -0.478 e. The van der Waals surface area contributed by atoms with Gasteiger partial charge in [0.25, 0.3) is 0 Å². The van der Waals surface area contributed by atoms with Gasteiger partial charge in [-0.05, 0) is 19.1 Å². The number of aryl methyl sites for hydroxylation is 1. The van der Waals surface area contributed by atoms with Crippen LogP contribution in [0.1, 0.15) is 16.1 Å². The van der Waals surface area contributed by atoms with Gasteiger partial charge in [-0.2, -0.15) is 5.10 Å². The summed E-state index contributed by atoms with van der Waals surface area (Å²) in [7, 11) is -3.48. The largest absolute Gasteiger partial charge is 0.478 e. The smallest absolute Gasteiger partial charge is 0.339 e. The van der Waals surface area contributed by atoms with Crippen molar-refractivity contribution in [1.82, 2.24) is 14.8 Å². The highest BCUT2D eigenvalue weighted by molar-refractivity contribution is 7.90. The van der Waals surface area contributed by atoms with E-state index in [4.69, 9.17) is 5.11 Å². The lowest BCUT2D eigenvalue weighted by atomic mass is 10.3. The predicted molar refractivity (Wildman–Crippen MR) is 66.2 cm³/mol. The molecule has 8 heteroatoms. The number of carbonyl (C=O) groups is 1. The molecule has 0 fully saturated rings. The zero-order valence-electron chi connectivity index (χ0n) is 10.2. The first kappa shape index (κ1) is 13.2. The SMILES string of the molecule is Cc1nn(-c2ncccc2S(C)(=O)=O)cc1C(=O)O. The van der Waals surface area contributed by atoms with Gasteiger partial charge in [0, 0.05) is 18.6 Å². The van der Waals surface area contributed by atoms with Crippen molar-refractivity contribution in [3.63, 3.8) is 0 Å². The fourth-order valence-corrected chi connectivity index (χ4v) is 2.43. The first-order chi connectivity index (χ1) is 8.80. The van der Waals surface area contributed by atoms with Gasteiger partial charge in [-0.25, -0.2) is 22.9 Å². The molecule has 0 unspecified atom stereocenters. The molecule has 19 heavy (non-hydrogen) atoms. The average Bonchev–Trinajstić information content (AvgIpc) is 2.70. The van der Waals surface area contributed by atoms with Gasteiger partial charge in [0.15, 0.2) is 15.7 Å². The molecule has 1 N–H and O–H groups in total. The lowest BCUT2D eigenvalue weighted by molar-refractivity contribution is 0.0696. The molecule has 0 amide bonds. The molecule has 0 atom stereocenters. The molecule has 0 saturated carbocycles. The Labute approximate surface area is 109 Å². The molecular weight excluding hydrogens is 270 g/mol. The summed E-state index contributed by atoms with van der Waals surface area (Å²) in [6.07, 6.45) is 3.72. The van der Waals surface area contributed by atoms with Crippen LogP contribution in [0, 0.1) is 6.92 Å². The van der Waals surface area contributed by atoms with Gasteiger partial charge in [-0.3, -0.25) is 0 Å². The van der Waals surface area contributed by atoms with Crippen LogP contribution in [0.3, 0.4) is 0 Å². The molecule has 0 aliphatic rings. The summed E-state index contributed by atoms with van der Waals surface area (Å²) in [5.74, 6) is -1.04. The van der Waals surface area contributed by atoms with Crippen LogP contribution in [0.2, 0.25) is 0 Å². The third-order valence-corrected chi connectivity index (χ3v) is 3.61. The van der Waals surface area contributed by atoms with Crippen LogP contribution in [0.25, 0.3) is 5.82 Å². The number of hydrogen-bond acceptors (Lipinski definition) is 5. The molecule has 0 spiro atoms. The number of pyridine rings is 1. The topological polar surface area (TPSA) is 102 Å². The van der Waals surface area contributed by atoms with Crippen molar-refractivity contribution in [2.24, 2.45) is 0 Å². The lowest BCUT2D eigenvalue weighted by Crippen LogP contribution is -2.07. The van der Waals surface area contributed by atoms with E-state index < -0.39 is 15.8 Å². The molecule has 2 heterocycles. The van der Waals surface area contributed by atoms with Crippen LogP contribution in [-0.2, 0) is 9.84 Å². The molecule has 0 aliphatic carbocycles. The summed E-state index contributed by atoms with van der Waals surface area (Å²) >= 11 is 0. The second-order valence-corrected chi connectivity index (χ2v) is 5.96. The highest BCUT2D eigenvalue weighted by atomic mass is 32.2. The van der Waals surface area contributed by atoms with Crippen LogP contribution in [0.4, 0.5) is 0 Å². The minimum absolute atomic E-state index is 0.00473. The van der Waals surface area contributed by atoms with Gasteiger partial charge in [-0.15, -0.1) is 0 Å². The highest BCUT2D eigenvalue weighted by Gasteiger charge is 2.19. The number of carboxylic acid groups (broad SMARTS) is 1. The van der Waals surface area contributed by atoms with Crippen LogP contribution >= 0.6 is 0 Å². The quantitative estimate of drug-likeness (QED) is 0.887. The van der Waals surface area contributed by atoms with Crippen molar-refractivity contribution in [1.29, 1.82) is 0 Å².